The third kappa shape index (κ3) is 5.87. The molecule has 3 aromatic rings. The van der Waals surface area contributed by atoms with E-state index in [4.69, 9.17) is 9.47 Å². The standard InChI is InChI=1S/C28H28F2N2O3/c1-34-25-13-7-20(26(19-25)35-2)8-14-27(33)31-15-17-32(18-16-31)28(21-3-9-23(29)10-4-21)22-5-11-24(30)12-6-22/h3-14,19,28H,15-18H2,1-2H3/b14-8+. The summed E-state index contributed by atoms with van der Waals surface area (Å²) in [6.45, 7) is 2.35. The van der Waals surface area contributed by atoms with Crippen LogP contribution < -0.4 is 9.47 Å². The Hall–Kier alpha value is -3.71. The van der Waals surface area contributed by atoms with E-state index in [-0.39, 0.29) is 23.6 Å². The van der Waals surface area contributed by atoms with Crippen LogP contribution in [0.2, 0.25) is 0 Å². The lowest BCUT2D eigenvalue weighted by Gasteiger charge is -2.39. The highest BCUT2D eigenvalue weighted by atomic mass is 19.1. The van der Waals surface area contributed by atoms with Gasteiger partial charge in [-0.2, -0.15) is 0 Å². The number of methoxy groups -OCH3 is 2. The number of hydrogen-bond donors (Lipinski definition) is 0. The van der Waals surface area contributed by atoms with Crippen LogP contribution in [0.1, 0.15) is 22.7 Å². The topological polar surface area (TPSA) is 42.0 Å². The number of nitrogens with zero attached hydrogens (tertiary/aromatic N) is 2. The molecule has 182 valence electrons. The number of piperazine rings is 1. The molecular formula is C28H28F2N2O3. The lowest BCUT2D eigenvalue weighted by molar-refractivity contribution is -0.127. The summed E-state index contributed by atoms with van der Waals surface area (Å²) in [4.78, 5) is 16.9. The average molecular weight is 479 g/mol. The van der Waals surface area contributed by atoms with Crippen LogP contribution in [-0.4, -0.2) is 56.1 Å². The molecule has 1 aliphatic heterocycles. The molecule has 0 aromatic heterocycles. The molecule has 0 radical (unpaired) electrons. The first-order valence-electron chi connectivity index (χ1n) is 11.4. The highest BCUT2D eigenvalue weighted by Gasteiger charge is 2.27. The molecule has 0 saturated carbocycles. The predicted octanol–water partition coefficient (Wildman–Crippen LogP) is 4.93. The van der Waals surface area contributed by atoms with Crippen molar-refractivity contribution in [3.8, 4) is 11.5 Å². The number of benzene rings is 3. The van der Waals surface area contributed by atoms with Crippen LogP contribution in [0.15, 0.2) is 72.8 Å². The van der Waals surface area contributed by atoms with Gasteiger partial charge in [-0.15, -0.1) is 0 Å². The Balaban J connectivity index is 1.46. The first-order chi connectivity index (χ1) is 17.0. The Kier molecular flexibility index (Phi) is 7.77. The molecule has 0 bridgehead atoms. The fraction of sp³-hybridized carbons (Fsp3) is 0.250. The van der Waals surface area contributed by atoms with Gasteiger partial charge in [0.1, 0.15) is 23.1 Å². The van der Waals surface area contributed by atoms with Crippen molar-refractivity contribution in [2.24, 2.45) is 0 Å². The van der Waals surface area contributed by atoms with Crippen LogP contribution >= 0.6 is 0 Å². The molecule has 1 aliphatic rings. The van der Waals surface area contributed by atoms with Crippen molar-refractivity contribution in [3.63, 3.8) is 0 Å². The Bertz CT molecular complexity index is 1130. The minimum Gasteiger partial charge on any atom is -0.497 e. The van der Waals surface area contributed by atoms with Crippen LogP contribution in [0.5, 0.6) is 11.5 Å². The van der Waals surface area contributed by atoms with Gasteiger partial charge in [0.05, 0.1) is 20.3 Å². The number of carbonyl (C=O) groups is 1. The maximum atomic E-state index is 13.5. The van der Waals surface area contributed by atoms with E-state index < -0.39 is 0 Å². The summed E-state index contributed by atoms with van der Waals surface area (Å²) in [5, 5.41) is 0. The SMILES string of the molecule is COc1ccc(/C=C/C(=O)N2CCN(C(c3ccc(F)cc3)c3ccc(F)cc3)CC2)c(OC)c1. The Morgan fingerprint density at radius 3 is 1.91 bits per heavy atom. The van der Waals surface area contributed by atoms with Gasteiger partial charge in [0.2, 0.25) is 5.91 Å². The molecule has 0 aliphatic carbocycles. The maximum absolute atomic E-state index is 13.5. The summed E-state index contributed by atoms with van der Waals surface area (Å²) in [5.74, 6) is 0.616. The molecule has 0 N–H and O–H groups in total. The van der Waals surface area contributed by atoms with E-state index >= 15 is 0 Å². The van der Waals surface area contributed by atoms with Crippen molar-refractivity contribution in [1.29, 1.82) is 0 Å². The summed E-state index contributed by atoms with van der Waals surface area (Å²) in [7, 11) is 3.16. The maximum Gasteiger partial charge on any atom is 0.246 e. The number of carbonyl (C=O) groups excluding carboxylic acids is 1. The van der Waals surface area contributed by atoms with Crippen molar-refractivity contribution < 1.29 is 23.0 Å². The highest BCUT2D eigenvalue weighted by Crippen LogP contribution is 2.30. The number of rotatable bonds is 7. The van der Waals surface area contributed by atoms with Crippen LogP contribution in [0.25, 0.3) is 6.08 Å². The number of hydrogen-bond acceptors (Lipinski definition) is 4. The van der Waals surface area contributed by atoms with Crippen molar-refractivity contribution in [2.75, 3.05) is 40.4 Å². The zero-order valence-corrected chi connectivity index (χ0v) is 19.8. The summed E-state index contributed by atoms with van der Waals surface area (Å²) in [6.07, 6.45) is 3.30. The molecule has 0 atom stereocenters. The zero-order valence-electron chi connectivity index (χ0n) is 19.8. The van der Waals surface area contributed by atoms with Crippen LogP contribution in [0.3, 0.4) is 0 Å². The molecule has 0 unspecified atom stereocenters. The van der Waals surface area contributed by atoms with Crippen molar-refractivity contribution in [3.05, 3.63) is 101 Å². The van der Waals surface area contributed by atoms with Gasteiger partial charge in [0.15, 0.2) is 0 Å². The van der Waals surface area contributed by atoms with Crippen LogP contribution in [0, 0.1) is 11.6 Å². The molecule has 5 nitrogen and oxygen atoms in total. The molecular weight excluding hydrogens is 450 g/mol. The van der Waals surface area contributed by atoms with Crippen LogP contribution in [-0.2, 0) is 4.79 Å². The molecule has 1 saturated heterocycles. The van der Waals surface area contributed by atoms with Gasteiger partial charge < -0.3 is 14.4 Å². The van der Waals surface area contributed by atoms with E-state index in [0.29, 0.717) is 37.7 Å². The zero-order chi connectivity index (χ0) is 24.8. The van der Waals surface area contributed by atoms with E-state index in [1.54, 1.807) is 61.6 Å². The van der Waals surface area contributed by atoms with Crippen molar-refractivity contribution in [2.45, 2.75) is 6.04 Å². The molecule has 1 amide bonds. The van der Waals surface area contributed by atoms with E-state index in [1.807, 2.05) is 12.1 Å². The third-order valence-electron chi connectivity index (χ3n) is 6.21. The third-order valence-corrected chi connectivity index (χ3v) is 6.21. The highest BCUT2D eigenvalue weighted by molar-refractivity contribution is 5.92. The molecule has 4 rings (SSSR count). The van der Waals surface area contributed by atoms with Crippen molar-refractivity contribution in [1.82, 2.24) is 9.80 Å². The van der Waals surface area contributed by atoms with E-state index in [0.717, 1.165) is 16.7 Å². The quantitative estimate of drug-likeness (QED) is 0.452. The largest absolute Gasteiger partial charge is 0.497 e. The molecule has 1 fully saturated rings. The van der Waals surface area contributed by atoms with Crippen molar-refractivity contribution >= 4 is 12.0 Å². The molecule has 1 heterocycles. The van der Waals surface area contributed by atoms with E-state index in [9.17, 15) is 13.6 Å². The molecule has 35 heavy (non-hydrogen) atoms. The van der Waals surface area contributed by atoms with Gasteiger partial charge in [0.25, 0.3) is 0 Å². The second kappa shape index (κ2) is 11.1. The minimum atomic E-state index is -0.303. The Labute approximate surface area is 204 Å². The van der Waals surface area contributed by atoms with E-state index in [1.165, 1.54) is 24.3 Å². The number of halogens is 2. The van der Waals surface area contributed by atoms with Crippen LogP contribution in [0.4, 0.5) is 8.78 Å². The number of ether oxygens (including phenoxy) is 2. The first-order valence-corrected chi connectivity index (χ1v) is 11.4. The summed E-state index contributed by atoms with van der Waals surface area (Å²) >= 11 is 0. The van der Waals surface area contributed by atoms with Gasteiger partial charge >= 0.3 is 0 Å². The fourth-order valence-corrected chi connectivity index (χ4v) is 4.33. The van der Waals surface area contributed by atoms with Gasteiger partial charge in [-0.1, -0.05) is 24.3 Å². The second-order valence-corrected chi connectivity index (χ2v) is 8.31. The van der Waals surface area contributed by atoms with Gasteiger partial charge in [-0.25, -0.2) is 8.78 Å². The first kappa shape index (κ1) is 24.4. The average Bonchev–Trinajstić information content (AvgIpc) is 2.90. The lowest BCUT2D eigenvalue weighted by Crippen LogP contribution is -2.49. The summed E-state index contributed by atoms with van der Waals surface area (Å²) in [5.41, 5.74) is 2.63. The summed E-state index contributed by atoms with van der Waals surface area (Å²) in [6, 6.07) is 18.0. The van der Waals surface area contributed by atoms with Gasteiger partial charge in [0, 0.05) is 43.9 Å². The van der Waals surface area contributed by atoms with Gasteiger partial charge in [-0.05, 0) is 53.6 Å². The molecule has 3 aromatic carbocycles. The normalized spacial score (nSPS) is 14.5. The Morgan fingerprint density at radius 1 is 0.829 bits per heavy atom. The smallest absolute Gasteiger partial charge is 0.246 e. The fourth-order valence-electron chi connectivity index (χ4n) is 4.33. The predicted molar refractivity (Wildman–Crippen MR) is 131 cm³/mol. The minimum absolute atomic E-state index is 0.0809. The molecule has 0 spiro atoms. The lowest BCUT2D eigenvalue weighted by atomic mass is 9.96. The molecule has 7 heteroatoms. The van der Waals surface area contributed by atoms with E-state index in [2.05, 4.69) is 4.90 Å². The number of amides is 1. The summed E-state index contributed by atoms with van der Waals surface area (Å²) < 4.78 is 37.7. The van der Waals surface area contributed by atoms with Gasteiger partial charge in [-0.3, -0.25) is 9.69 Å². The Morgan fingerprint density at radius 2 is 1.40 bits per heavy atom. The second-order valence-electron chi connectivity index (χ2n) is 8.31. The monoisotopic (exact) mass is 478 g/mol.